The van der Waals surface area contributed by atoms with Crippen molar-refractivity contribution in [3.05, 3.63) is 53.5 Å². The summed E-state index contributed by atoms with van der Waals surface area (Å²) in [7, 11) is 0. The molecule has 1 N–H and O–H groups in total. The van der Waals surface area contributed by atoms with E-state index in [1.807, 2.05) is 0 Å². The van der Waals surface area contributed by atoms with Crippen LogP contribution >= 0.6 is 59.1 Å². The first-order valence-corrected chi connectivity index (χ1v) is 8.75. The van der Waals surface area contributed by atoms with Crippen molar-refractivity contribution in [2.75, 3.05) is 6.54 Å². The highest BCUT2D eigenvalue weighted by atomic mass is 79.9. The smallest absolute Gasteiger partial charge is 0.0761 e. The average molecular weight is 454 g/mol. The molecule has 2 aromatic rings. The lowest BCUT2D eigenvalue weighted by Crippen LogP contribution is -2.21. The standard InChI is InChI=1S/C13H12Br3NS/c1-2-17-12(8-3-5-9(14)6-4-8)10-7-11(15)18-13(10)16/h3-7,12,17H,2H2,1H3. The Balaban J connectivity index is 2.39. The molecule has 0 amide bonds. The largest absolute Gasteiger partial charge is 0.306 e. The second-order valence-electron chi connectivity index (χ2n) is 3.82. The highest BCUT2D eigenvalue weighted by Gasteiger charge is 2.18. The van der Waals surface area contributed by atoms with Gasteiger partial charge in [0.25, 0.3) is 0 Å². The molecular weight excluding hydrogens is 442 g/mol. The number of nitrogens with one attached hydrogen (secondary N) is 1. The summed E-state index contributed by atoms with van der Waals surface area (Å²) >= 11 is 12.4. The van der Waals surface area contributed by atoms with Gasteiger partial charge in [-0.25, -0.2) is 0 Å². The van der Waals surface area contributed by atoms with Crippen LogP contribution in [-0.2, 0) is 0 Å². The van der Waals surface area contributed by atoms with Crippen LogP contribution in [0.3, 0.4) is 0 Å². The number of rotatable bonds is 4. The van der Waals surface area contributed by atoms with Gasteiger partial charge in [-0.3, -0.25) is 0 Å². The topological polar surface area (TPSA) is 12.0 Å². The van der Waals surface area contributed by atoms with Gasteiger partial charge in [0, 0.05) is 4.47 Å². The van der Waals surface area contributed by atoms with Crippen molar-refractivity contribution in [3.63, 3.8) is 0 Å². The van der Waals surface area contributed by atoms with Crippen LogP contribution in [0.4, 0.5) is 0 Å². The van der Waals surface area contributed by atoms with Crippen molar-refractivity contribution in [1.82, 2.24) is 5.32 Å². The number of hydrogen-bond acceptors (Lipinski definition) is 2. The summed E-state index contributed by atoms with van der Waals surface area (Å²) in [4.78, 5) is 0. The van der Waals surface area contributed by atoms with E-state index in [1.165, 1.54) is 14.9 Å². The van der Waals surface area contributed by atoms with E-state index in [9.17, 15) is 0 Å². The molecule has 5 heteroatoms. The van der Waals surface area contributed by atoms with Crippen LogP contribution in [-0.4, -0.2) is 6.54 Å². The lowest BCUT2D eigenvalue weighted by atomic mass is 10.0. The van der Waals surface area contributed by atoms with Crippen molar-refractivity contribution in [2.24, 2.45) is 0 Å². The Morgan fingerprint density at radius 2 is 1.83 bits per heavy atom. The highest BCUT2D eigenvalue weighted by Crippen LogP contribution is 2.38. The van der Waals surface area contributed by atoms with Gasteiger partial charge in [0.1, 0.15) is 0 Å². The molecular formula is C13H12Br3NS. The molecule has 0 saturated carbocycles. The van der Waals surface area contributed by atoms with Gasteiger partial charge in [0.2, 0.25) is 0 Å². The molecule has 1 aromatic carbocycles. The predicted molar refractivity (Wildman–Crippen MR) is 89.4 cm³/mol. The van der Waals surface area contributed by atoms with Crippen LogP contribution in [0, 0.1) is 0 Å². The molecule has 0 aliphatic rings. The van der Waals surface area contributed by atoms with Crippen LogP contribution in [0.1, 0.15) is 24.1 Å². The van der Waals surface area contributed by atoms with E-state index < -0.39 is 0 Å². The van der Waals surface area contributed by atoms with E-state index in [0.717, 1.165) is 14.8 Å². The zero-order chi connectivity index (χ0) is 13.1. The second-order valence-corrected chi connectivity index (χ2v) is 8.49. The molecule has 1 heterocycles. The lowest BCUT2D eigenvalue weighted by molar-refractivity contribution is 0.630. The first-order valence-electron chi connectivity index (χ1n) is 5.55. The molecule has 0 radical (unpaired) electrons. The minimum Gasteiger partial charge on any atom is -0.306 e. The van der Waals surface area contributed by atoms with Crippen molar-refractivity contribution >= 4 is 59.1 Å². The minimum atomic E-state index is 0.222. The molecule has 0 saturated heterocycles. The number of benzene rings is 1. The molecule has 0 aliphatic carbocycles. The van der Waals surface area contributed by atoms with Gasteiger partial charge >= 0.3 is 0 Å². The van der Waals surface area contributed by atoms with Gasteiger partial charge < -0.3 is 5.32 Å². The van der Waals surface area contributed by atoms with Gasteiger partial charge in [-0.05, 0) is 67.7 Å². The maximum Gasteiger partial charge on any atom is 0.0761 e. The lowest BCUT2D eigenvalue weighted by Gasteiger charge is -2.18. The third-order valence-corrected chi connectivity index (χ3v) is 5.52. The van der Waals surface area contributed by atoms with Gasteiger partial charge in [-0.2, -0.15) is 0 Å². The molecule has 0 bridgehead atoms. The predicted octanol–water partition coefficient (Wildman–Crippen LogP) is 5.73. The van der Waals surface area contributed by atoms with Crippen LogP contribution in [0.25, 0.3) is 0 Å². The molecule has 2 rings (SSSR count). The number of thiophene rings is 1. The summed E-state index contributed by atoms with van der Waals surface area (Å²) in [5.74, 6) is 0. The maximum atomic E-state index is 3.64. The Morgan fingerprint density at radius 3 is 2.33 bits per heavy atom. The zero-order valence-corrected chi connectivity index (χ0v) is 15.3. The summed E-state index contributed by atoms with van der Waals surface area (Å²) in [5, 5.41) is 3.53. The van der Waals surface area contributed by atoms with Gasteiger partial charge in [-0.15, -0.1) is 11.3 Å². The Kier molecular flexibility index (Phi) is 5.45. The Labute approximate surface area is 136 Å². The second kappa shape index (κ2) is 6.66. The fourth-order valence-electron chi connectivity index (χ4n) is 1.82. The van der Waals surface area contributed by atoms with Gasteiger partial charge in [-0.1, -0.05) is 35.0 Å². The van der Waals surface area contributed by atoms with Gasteiger partial charge in [0.15, 0.2) is 0 Å². The summed E-state index contributed by atoms with van der Waals surface area (Å²) < 4.78 is 3.42. The fourth-order valence-corrected chi connectivity index (χ4v) is 4.98. The van der Waals surface area contributed by atoms with Crippen LogP contribution in [0.2, 0.25) is 0 Å². The molecule has 96 valence electrons. The van der Waals surface area contributed by atoms with Crippen molar-refractivity contribution in [2.45, 2.75) is 13.0 Å². The quantitative estimate of drug-likeness (QED) is 0.622. The monoisotopic (exact) mass is 451 g/mol. The number of hydrogen-bond donors (Lipinski definition) is 1. The summed E-state index contributed by atoms with van der Waals surface area (Å²) in [6.07, 6.45) is 0. The van der Waals surface area contributed by atoms with E-state index in [4.69, 9.17) is 0 Å². The zero-order valence-electron chi connectivity index (χ0n) is 9.71. The van der Waals surface area contributed by atoms with Crippen LogP contribution in [0.5, 0.6) is 0 Å². The third kappa shape index (κ3) is 3.45. The molecule has 18 heavy (non-hydrogen) atoms. The normalized spacial score (nSPS) is 12.7. The van der Waals surface area contributed by atoms with E-state index in [0.29, 0.717) is 0 Å². The van der Waals surface area contributed by atoms with Crippen molar-refractivity contribution in [1.29, 1.82) is 0 Å². The van der Waals surface area contributed by atoms with E-state index in [2.05, 4.69) is 90.4 Å². The van der Waals surface area contributed by atoms with Crippen LogP contribution in [0.15, 0.2) is 42.4 Å². The maximum absolute atomic E-state index is 3.64. The van der Waals surface area contributed by atoms with E-state index in [-0.39, 0.29) is 6.04 Å². The molecule has 1 nitrogen and oxygen atoms in total. The Morgan fingerprint density at radius 1 is 1.17 bits per heavy atom. The molecule has 1 unspecified atom stereocenters. The first kappa shape index (κ1) is 14.7. The summed E-state index contributed by atoms with van der Waals surface area (Å²) in [5.41, 5.74) is 2.54. The summed E-state index contributed by atoms with van der Waals surface area (Å²) in [6, 6.07) is 10.8. The Hall–Kier alpha value is 0.320. The molecule has 1 atom stereocenters. The first-order chi connectivity index (χ1) is 8.61. The van der Waals surface area contributed by atoms with Crippen molar-refractivity contribution < 1.29 is 0 Å². The van der Waals surface area contributed by atoms with Crippen LogP contribution < -0.4 is 5.32 Å². The van der Waals surface area contributed by atoms with E-state index >= 15 is 0 Å². The SMILES string of the molecule is CCNC(c1ccc(Br)cc1)c1cc(Br)sc1Br. The third-order valence-electron chi connectivity index (χ3n) is 2.61. The van der Waals surface area contributed by atoms with E-state index in [1.54, 1.807) is 11.3 Å². The Bertz CT molecular complexity index is 522. The molecule has 0 fully saturated rings. The van der Waals surface area contributed by atoms with Crippen molar-refractivity contribution in [3.8, 4) is 0 Å². The average Bonchev–Trinajstić information content (AvgIpc) is 2.67. The summed E-state index contributed by atoms with van der Waals surface area (Å²) in [6.45, 7) is 3.06. The molecule has 1 aromatic heterocycles. The number of halogens is 3. The highest BCUT2D eigenvalue weighted by molar-refractivity contribution is 9.12. The fraction of sp³-hybridized carbons (Fsp3) is 0.231. The van der Waals surface area contributed by atoms with Gasteiger partial charge in [0.05, 0.1) is 13.6 Å². The minimum absolute atomic E-state index is 0.222. The molecule has 0 aliphatic heterocycles. The molecule has 0 spiro atoms.